The Morgan fingerprint density at radius 2 is 1.68 bits per heavy atom. The first-order valence-corrected chi connectivity index (χ1v) is 14.3. The second-order valence-electron chi connectivity index (χ2n) is 12.9. The lowest BCUT2D eigenvalue weighted by Crippen LogP contribution is -2.28. The van der Waals surface area contributed by atoms with Gasteiger partial charge < -0.3 is 9.30 Å². The highest BCUT2D eigenvalue weighted by Gasteiger charge is 2.45. The van der Waals surface area contributed by atoms with Crippen LogP contribution in [-0.4, -0.2) is 16.8 Å². The smallest absolute Gasteiger partial charge is 0.0598 e. The van der Waals surface area contributed by atoms with Crippen molar-refractivity contribution >= 4 is 10.9 Å². The summed E-state index contributed by atoms with van der Waals surface area (Å²) in [5.41, 5.74) is 10.1. The first-order chi connectivity index (χ1) is 17.6. The number of nitrogens with zero attached hydrogens (tertiary/aromatic N) is 1. The van der Waals surface area contributed by atoms with Crippen molar-refractivity contribution in [3.8, 4) is 11.3 Å². The van der Waals surface area contributed by atoms with E-state index in [9.17, 15) is 0 Å². The van der Waals surface area contributed by atoms with Crippen LogP contribution in [0.5, 0.6) is 0 Å². The average Bonchev–Trinajstić information content (AvgIpc) is 3.52. The second-order valence-corrected chi connectivity index (χ2v) is 12.9. The summed E-state index contributed by atoms with van der Waals surface area (Å²) in [4.78, 5) is 0. The predicted molar refractivity (Wildman–Crippen MR) is 158 cm³/mol. The van der Waals surface area contributed by atoms with Crippen molar-refractivity contribution in [3.05, 3.63) is 83.0 Å². The normalized spacial score (nSPS) is 18.9. The molecule has 196 valence electrons. The van der Waals surface area contributed by atoms with Gasteiger partial charge in [-0.25, -0.2) is 0 Å². The number of ether oxygens (including phenoxy) is 1. The van der Waals surface area contributed by atoms with Crippen molar-refractivity contribution in [2.24, 2.45) is 18.4 Å². The van der Waals surface area contributed by atoms with Gasteiger partial charge >= 0.3 is 0 Å². The summed E-state index contributed by atoms with van der Waals surface area (Å²) in [5, 5.41) is 1.42. The highest BCUT2D eigenvalue weighted by atomic mass is 16.5. The maximum absolute atomic E-state index is 5.87. The minimum absolute atomic E-state index is 0.0211. The van der Waals surface area contributed by atoms with Crippen molar-refractivity contribution in [2.45, 2.75) is 85.2 Å². The van der Waals surface area contributed by atoms with E-state index < -0.39 is 0 Å². The number of rotatable bonds is 9. The van der Waals surface area contributed by atoms with Crippen LogP contribution in [0.15, 0.2) is 66.3 Å². The number of allylic oxidation sites excluding steroid dienone is 4. The van der Waals surface area contributed by atoms with Crippen molar-refractivity contribution < 1.29 is 4.74 Å². The molecule has 0 fully saturated rings. The van der Waals surface area contributed by atoms with E-state index in [0.29, 0.717) is 11.8 Å². The summed E-state index contributed by atoms with van der Waals surface area (Å²) in [6.45, 7) is 14.5. The van der Waals surface area contributed by atoms with Crippen LogP contribution in [0.3, 0.4) is 0 Å². The molecule has 37 heavy (non-hydrogen) atoms. The van der Waals surface area contributed by atoms with E-state index in [0.717, 1.165) is 13.0 Å². The SMILES string of the molecule is Cc1ccc2c(c1)c1c(n2C)-c2ccccc2C1C(C)(C)C1C=CC(CCCCCCOC(C)(C)C)=C1. The zero-order valence-electron chi connectivity index (χ0n) is 24.0. The molecule has 2 heteroatoms. The Hall–Kier alpha value is -2.58. The number of unbranched alkanes of at least 4 members (excludes halogenated alkanes) is 3. The van der Waals surface area contributed by atoms with Gasteiger partial charge in [0.1, 0.15) is 0 Å². The molecule has 1 aromatic heterocycles. The molecule has 0 radical (unpaired) electrons. The molecule has 0 saturated heterocycles. The van der Waals surface area contributed by atoms with Crippen LogP contribution in [-0.2, 0) is 11.8 Å². The highest BCUT2D eigenvalue weighted by molar-refractivity contribution is 5.97. The fraction of sp³-hybridized carbons (Fsp3) is 0.486. The number of benzene rings is 2. The molecule has 1 heterocycles. The van der Waals surface area contributed by atoms with E-state index in [1.165, 1.54) is 70.1 Å². The Bertz CT molecular complexity index is 1340. The molecular weight excluding hydrogens is 450 g/mol. The van der Waals surface area contributed by atoms with Gasteiger partial charge in [0.15, 0.2) is 0 Å². The summed E-state index contributed by atoms with van der Waals surface area (Å²) in [7, 11) is 2.24. The lowest BCUT2D eigenvalue weighted by atomic mass is 9.66. The molecule has 2 unspecified atom stereocenters. The number of hydrogen-bond acceptors (Lipinski definition) is 1. The molecule has 0 aliphatic heterocycles. The zero-order valence-corrected chi connectivity index (χ0v) is 24.0. The molecule has 0 N–H and O–H groups in total. The third kappa shape index (κ3) is 4.98. The lowest BCUT2D eigenvalue weighted by molar-refractivity contribution is -0.00473. The molecule has 0 saturated carbocycles. The third-order valence-corrected chi connectivity index (χ3v) is 8.62. The molecular formula is C35H45NO. The van der Waals surface area contributed by atoms with Crippen LogP contribution in [0.2, 0.25) is 0 Å². The zero-order chi connectivity index (χ0) is 26.4. The molecule has 2 aromatic carbocycles. The summed E-state index contributed by atoms with van der Waals surface area (Å²) in [6, 6.07) is 16.1. The summed E-state index contributed by atoms with van der Waals surface area (Å²) >= 11 is 0. The standard InChI is InChI=1S/C35H45NO/c1-24-17-20-30-29(22-24)31-32(27-15-11-12-16-28(27)33(31)36(30)7)35(5,6)26-19-18-25(23-26)14-10-8-9-13-21-37-34(2,3)4/h11-12,15-20,22-23,26,32H,8-10,13-14,21H2,1-7H3. The minimum atomic E-state index is -0.0211. The van der Waals surface area contributed by atoms with Gasteiger partial charge in [-0.3, -0.25) is 0 Å². The molecule has 3 aromatic rings. The van der Waals surface area contributed by atoms with E-state index in [1.807, 2.05) is 0 Å². The largest absolute Gasteiger partial charge is 0.376 e. The second kappa shape index (κ2) is 9.95. The van der Waals surface area contributed by atoms with Crippen LogP contribution in [0.1, 0.15) is 89.3 Å². The molecule has 2 atom stereocenters. The molecule has 0 bridgehead atoms. The van der Waals surface area contributed by atoms with E-state index in [2.05, 4.69) is 114 Å². The monoisotopic (exact) mass is 495 g/mol. The van der Waals surface area contributed by atoms with Gasteiger partial charge in [-0.2, -0.15) is 0 Å². The van der Waals surface area contributed by atoms with Gasteiger partial charge in [0.05, 0.1) is 11.3 Å². The van der Waals surface area contributed by atoms with Gasteiger partial charge in [-0.15, -0.1) is 0 Å². The molecule has 0 spiro atoms. The maximum Gasteiger partial charge on any atom is 0.0598 e. The Morgan fingerprint density at radius 3 is 2.46 bits per heavy atom. The van der Waals surface area contributed by atoms with Crippen molar-refractivity contribution in [3.63, 3.8) is 0 Å². The highest BCUT2D eigenvalue weighted by Crippen LogP contribution is 2.58. The quantitative estimate of drug-likeness (QED) is 0.270. The van der Waals surface area contributed by atoms with Crippen molar-refractivity contribution in [2.75, 3.05) is 6.61 Å². The van der Waals surface area contributed by atoms with E-state index in [1.54, 1.807) is 0 Å². The average molecular weight is 496 g/mol. The lowest BCUT2D eigenvalue weighted by Gasteiger charge is -2.37. The Balaban J connectivity index is 1.34. The van der Waals surface area contributed by atoms with Crippen LogP contribution < -0.4 is 0 Å². The fourth-order valence-electron chi connectivity index (χ4n) is 6.65. The van der Waals surface area contributed by atoms with E-state index in [4.69, 9.17) is 4.74 Å². The van der Waals surface area contributed by atoms with Crippen LogP contribution in [0, 0.1) is 18.3 Å². The van der Waals surface area contributed by atoms with Crippen molar-refractivity contribution in [1.82, 2.24) is 4.57 Å². The maximum atomic E-state index is 5.87. The number of fused-ring (bicyclic) bond motifs is 5. The third-order valence-electron chi connectivity index (χ3n) is 8.62. The number of aromatic nitrogens is 1. The number of hydrogen-bond donors (Lipinski definition) is 0. The summed E-state index contributed by atoms with van der Waals surface area (Å²) in [5.74, 6) is 0.809. The molecule has 2 nitrogen and oxygen atoms in total. The first kappa shape index (κ1) is 26.0. The number of aryl methyl sites for hydroxylation is 2. The molecule has 2 aliphatic rings. The van der Waals surface area contributed by atoms with Gasteiger partial charge in [0.25, 0.3) is 0 Å². The fourth-order valence-corrected chi connectivity index (χ4v) is 6.65. The Labute approximate surface area is 224 Å². The van der Waals surface area contributed by atoms with Gasteiger partial charge in [0, 0.05) is 42.0 Å². The van der Waals surface area contributed by atoms with Crippen LogP contribution >= 0.6 is 0 Å². The topological polar surface area (TPSA) is 14.2 Å². The summed E-state index contributed by atoms with van der Waals surface area (Å²) in [6.07, 6.45) is 13.6. The Kier molecular flexibility index (Phi) is 7.00. The summed E-state index contributed by atoms with van der Waals surface area (Å²) < 4.78 is 8.30. The van der Waals surface area contributed by atoms with Crippen LogP contribution in [0.4, 0.5) is 0 Å². The van der Waals surface area contributed by atoms with Crippen LogP contribution in [0.25, 0.3) is 22.2 Å². The molecule has 5 rings (SSSR count). The predicted octanol–water partition coefficient (Wildman–Crippen LogP) is 9.50. The van der Waals surface area contributed by atoms with E-state index >= 15 is 0 Å². The van der Waals surface area contributed by atoms with E-state index in [-0.39, 0.29) is 11.0 Å². The first-order valence-electron chi connectivity index (χ1n) is 14.3. The van der Waals surface area contributed by atoms with Gasteiger partial charge in [-0.05, 0) is 75.6 Å². The molecule has 0 amide bonds. The van der Waals surface area contributed by atoms with Gasteiger partial charge in [-0.1, -0.05) is 86.4 Å². The minimum Gasteiger partial charge on any atom is -0.376 e. The molecule has 2 aliphatic carbocycles. The van der Waals surface area contributed by atoms with Gasteiger partial charge in [0.2, 0.25) is 0 Å². The Morgan fingerprint density at radius 1 is 0.919 bits per heavy atom. The van der Waals surface area contributed by atoms with Crippen molar-refractivity contribution in [1.29, 1.82) is 0 Å².